The van der Waals surface area contributed by atoms with Gasteiger partial charge < -0.3 is 5.32 Å². The van der Waals surface area contributed by atoms with Crippen molar-refractivity contribution in [2.24, 2.45) is 0 Å². The molecule has 0 heterocycles. The Labute approximate surface area is 155 Å². The van der Waals surface area contributed by atoms with Crippen LogP contribution in [-0.4, -0.2) is 27.4 Å². The molecule has 2 aromatic rings. The van der Waals surface area contributed by atoms with Crippen LogP contribution in [0.5, 0.6) is 0 Å². The van der Waals surface area contributed by atoms with Crippen molar-refractivity contribution >= 4 is 15.9 Å². The minimum absolute atomic E-state index is 0.169. The van der Waals surface area contributed by atoms with Crippen molar-refractivity contribution in [3.05, 3.63) is 65.7 Å². The maximum Gasteiger partial charge on any atom is 0.251 e. The number of amides is 1. The summed E-state index contributed by atoms with van der Waals surface area (Å²) in [5, 5.41) is 2.81. The summed E-state index contributed by atoms with van der Waals surface area (Å²) in [7, 11) is -3.56. The number of sulfonamides is 1. The summed E-state index contributed by atoms with van der Waals surface area (Å²) in [5.74, 6) is -0.182. The summed E-state index contributed by atoms with van der Waals surface area (Å²) < 4.78 is 27.3. The van der Waals surface area contributed by atoms with Gasteiger partial charge in [-0.25, -0.2) is 13.1 Å². The van der Waals surface area contributed by atoms with Gasteiger partial charge in [-0.15, -0.1) is 0 Å². The summed E-state index contributed by atoms with van der Waals surface area (Å²) in [6.45, 7) is 3.05. The molecule has 2 aromatic carbocycles. The molecule has 5 nitrogen and oxygen atoms in total. The number of unbranched alkanes of at least 4 members (excludes halogenated alkanes) is 1. The van der Waals surface area contributed by atoms with Crippen molar-refractivity contribution in [3.8, 4) is 0 Å². The van der Waals surface area contributed by atoms with Crippen LogP contribution in [0.1, 0.15) is 42.1 Å². The van der Waals surface area contributed by atoms with Crippen molar-refractivity contribution in [2.45, 2.75) is 37.5 Å². The number of carbonyl (C=O) groups is 1. The highest BCUT2D eigenvalue weighted by molar-refractivity contribution is 7.89. The van der Waals surface area contributed by atoms with E-state index in [2.05, 4.69) is 17.0 Å². The van der Waals surface area contributed by atoms with Gasteiger partial charge in [-0.05, 0) is 49.1 Å². The van der Waals surface area contributed by atoms with Gasteiger partial charge in [-0.1, -0.05) is 43.7 Å². The molecule has 0 atom stereocenters. The van der Waals surface area contributed by atoms with Crippen LogP contribution in [0.25, 0.3) is 0 Å². The van der Waals surface area contributed by atoms with Gasteiger partial charge in [0.2, 0.25) is 10.0 Å². The van der Waals surface area contributed by atoms with Crippen LogP contribution < -0.4 is 10.0 Å². The van der Waals surface area contributed by atoms with E-state index in [1.54, 1.807) is 12.1 Å². The fourth-order valence-corrected chi connectivity index (χ4v) is 3.57. The minimum Gasteiger partial charge on any atom is -0.352 e. The van der Waals surface area contributed by atoms with Crippen molar-refractivity contribution in [2.75, 3.05) is 13.1 Å². The van der Waals surface area contributed by atoms with E-state index in [9.17, 15) is 13.2 Å². The summed E-state index contributed by atoms with van der Waals surface area (Å²) in [5.41, 5.74) is 1.65. The van der Waals surface area contributed by atoms with Crippen LogP contribution in [0.2, 0.25) is 0 Å². The molecule has 2 N–H and O–H groups in total. The molecule has 0 spiro atoms. The molecule has 26 heavy (non-hydrogen) atoms. The molecular formula is C20H26N2O3S. The quantitative estimate of drug-likeness (QED) is 0.628. The van der Waals surface area contributed by atoms with Crippen LogP contribution in [0, 0.1) is 0 Å². The zero-order valence-electron chi connectivity index (χ0n) is 15.1. The molecule has 0 aliphatic rings. The number of aryl methyl sites for hydroxylation is 1. The average Bonchev–Trinajstić information content (AvgIpc) is 2.66. The third kappa shape index (κ3) is 6.28. The molecule has 0 radical (unpaired) electrons. The highest BCUT2D eigenvalue weighted by Crippen LogP contribution is 2.11. The zero-order valence-corrected chi connectivity index (χ0v) is 15.9. The Hall–Kier alpha value is -2.18. The van der Waals surface area contributed by atoms with E-state index < -0.39 is 10.0 Å². The Kier molecular flexibility index (Phi) is 7.81. The molecule has 0 saturated heterocycles. The Morgan fingerprint density at radius 3 is 2.27 bits per heavy atom. The molecule has 0 fully saturated rings. The number of benzene rings is 2. The molecule has 1 amide bonds. The lowest BCUT2D eigenvalue weighted by molar-refractivity contribution is 0.0953. The standard InChI is InChI=1S/C20H26N2O3S/c1-2-3-15-21-20(23)18-11-13-19(14-12-18)26(24,25)22-16-7-10-17-8-5-4-6-9-17/h4-6,8-9,11-14,22H,2-3,7,10,15-16H2,1H3,(H,21,23). The monoisotopic (exact) mass is 374 g/mol. The lowest BCUT2D eigenvalue weighted by atomic mass is 10.1. The van der Waals surface area contributed by atoms with E-state index in [0.717, 1.165) is 25.7 Å². The number of nitrogens with one attached hydrogen (secondary N) is 2. The Morgan fingerprint density at radius 2 is 1.62 bits per heavy atom. The predicted octanol–water partition coefficient (Wildman–Crippen LogP) is 3.13. The SMILES string of the molecule is CCCCNC(=O)c1ccc(S(=O)(=O)NCCCc2ccccc2)cc1. The summed E-state index contributed by atoms with van der Waals surface area (Å²) in [4.78, 5) is 12.1. The van der Waals surface area contributed by atoms with Crippen molar-refractivity contribution in [3.63, 3.8) is 0 Å². The topological polar surface area (TPSA) is 75.3 Å². The molecular weight excluding hydrogens is 348 g/mol. The molecule has 0 saturated carbocycles. The van der Waals surface area contributed by atoms with Gasteiger partial charge in [0.1, 0.15) is 0 Å². The van der Waals surface area contributed by atoms with Crippen LogP contribution in [0.4, 0.5) is 0 Å². The van der Waals surface area contributed by atoms with E-state index in [4.69, 9.17) is 0 Å². The first-order chi connectivity index (χ1) is 12.5. The second-order valence-corrected chi connectivity index (χ2v) is 7.89. The van der Waals surface area contributed by atoms with Gasteiger partial charge in [-0.3, -0.25) is 4.79 Å². The van der Waals surface area contributed by atoms with Crippen LogP contribution in [0.3, 0.4) is 0 Å². The summed E-state index contributed by atoms with van der Waals surface area (Å²) >= 11 is 0. The van der Waals surface area contributed by atoms with Crippen molar-refractivity contribution in [1.29, 1.82) is 0 Å². The molecule has 0 aromatic heterocycles. The number of rotatable bonds is 10. The minimum atomic E-state index is -3.56. The Balaban J connectivity index is 1.85. The van der Waals surface area contributed by atoms with Gasteiger partial charge in [-0.2, -0.15) is 0 Å². The van der Waals surface area contributed by atoms with Crippen LogP contribution >= 0.6 is 0 Å². The van der Waals surface area contributed by atoms with E-state index in [1.165, 1.54) is 17.7 Å². The Bertz CT molecular complexity index is 788. The first kappa shape index (κ1) is 20.1. The third-order valence-corrected chi connectivity index (χ3v) is 5.50. The number of carbonyl (C=O) groups excluding carboxylic acids is 1. The molecule has 0 aliphatic carbocycles. The fraction of sp³-hybridized carbons (Fsp3) is 0.350. The van der Waals surface area contributed by atoms with Crippen LogP contribution in [-0.2, 0) is 16.4 Å². The normalized spacial score (nSPS) is 11.3. The smallest absolute Gasteiger partial charge is 0.251 e. The molecule has 140 valence electrons. The first-order valence-corrected chi connectivity index (χ1v) is 10.4. The highest BCUT2D eigenvalue weighted by Gasteiger charge is 2.14. The van der Waals surface area contributed by atoms with Crippen molar-refractivity contribution in [1.82, 2.24) is 10.0 Å². The highest BCUT2D eigenvalue weighted by atomic mass is 32.2. The van der Waals surface area contributed by atoms with Gasteiger partial charge in [0.15, 0.2) is 0 Å². The zero-order chi connectivity index (χ0) is 18.8. The lowest BCUT2D eigenvalue weighted by Gasteiger charge is -2.08. The fourth-order valence-electron chi connectivity index (χ4n) is 2.49. The molecule has 0 unspecified atom stereocenters. The summed E-state index contributed by atoms with van der Waals surface area (Å²) in [6, 6.07) is 16.0. The van der Waals surface area contributed by atoms with Crippen LogP contribution in [0.15, 0.2) is 59.5 Å². The van der Waals surface area contributed by atoms with E-state index in [0.29, 0.717) is 18.7 Å². The number of hydrogen-bond donors (Lipinski definition) is 2. The average molecular weight is 375 g/mol. The van der Waals surface area contributed by atoms with Gasteiger partial charge >= 0.3 is 0 Å². The van der Waals surface area contributed by atoms with E-state index in [-0.39, 0.29) is 10.8 Å². The largest absolute Gasteiger partial charge is 0.352 e. The molecule has 2 rings (SSSR count). The molecule has 6 heteroatoms. The molecule has 0 bridgehead atoms. The molecule has 0 aliphatic heterocycles. The van der Waals surface area contributed by atoms with Gasteiger partial charge in [0.05, 0.1) is 4.90 Å². The number of hydrogen-bond acceptors (Lipinski definition) is 3. The second kappa shape index (κ2) is 10.1. The maximum atomic E-state index is 12.3. The second-order valence-electron chi connectivity index (χ2n) is 6.12. The van der Waals surface area contributed by atoms with Gasteiger partial charge in [0.25, 0.3) is 5.91 Å². The summed E-state index contributed by atoms with van der Waals surface area (Å²) in [6.07, 6.45) is 3.47. The maximum absolute atomic E-state index is 12.3. The van der Waals surface area contributed by atoms with E-state index in [1.807, 2.05) is 30.3 Å². The van der Waals surface area contributed by atoms with E-state index >= 15 is 0 Å². The van der Waals surface area contributed by atoms with Crippen molar-refractivity contribution < 1.29 is 13.2 Å². The van der Waals surface area contributed by atoms with Gasteiger partial charge in [0, 0.05) is 18.7 Å². The Morgan fingerprint density at radius 1 is 0.923 bits per heavy atom. The first-order valence-electron chi connectivity index (χ1n) is 8.95. The predicted molar refractivity (Wildman–Crippen MR) is 104 cm³/mol. The third-order valence-electron chi connectivity index (χ3n) is 4.02. The lowest BCUT2D eigenvalue weighted by Crippen LogP contribution is -2.26.